The molecule has 3 rings (SSSR count). The lowest BCUT2D eigenvalue weighted by Gasteiger charge is -2.21. The number of aromatic nitrogens is 1. The molecule has 0 fully saturated rings. The number of hydrogen-bond donors (Lipinski definition) is 1. The second-order valence-corrected chi connectivity index (χ2v) is 6.64. The highest BCUT2D eigenvalue weighted by atomic mass is 16.5. The van der Waals surface area contributed by atoms with E-state index in [4.69, 9.17) is 9.47 Å². The summed E-state index contributed by atoms with van der Waals surface area (Å²) in [5.74, 6) is 0.909. The number of ether oxygens (including phenoxy) is 2. The van der Waals surface area contributed by atoms with Gasteiger partial charge >= 0.3 is 0 Å². The van der Waals surface area contributed by atoms with Crippen LogP contribution in [0.25, 0.3) is 0 Å². The molecule has 0 bridgehead atoms. The SMILES string of the molecule is COc1cc(OC)cc(C(=O)NC(c2cccnc2)c2ccc(C)c(C)c2)c1. The van der Waals surface area contributed by atoms with Crippen LogP contribution in [0.5, 0.6) is 11.5 Å². The Balaban J connectivity index is 1.98. The van der Waals surface area contributed by atoms with E-state index in [9.17, 15) is 4.79 Å². The third kappa shape index (κ3) is 4.31. The first-order valence-corrected chi connectivity index (χ1v) is 9.03. The van der Waals surface area contributed by atoms with Gasteiger partial charge < -0.3 is 14.8 Å². The fourth-order valence-corrected chi connectivity index (χ4v) is 3.00. The zero-order valence-electron chi connectivity index (χ0n) is 16.5. The van der Waals surface area contributed by atoms with Crippen LogP contribution in [-0.2, 0) is 0 Å². The topological polar surface area (TPSA) is 60.5 Å². The number of nitrogens with one attached hydrogen (secondary N) is 1. The molecule has 3 aromatic rings. The average molecular weight is 376 g/mol. The van der Waals surface area contributed by atoms with Crippen LogP contribution in [0.15, 0.2) is 60.9 Å². The Morgan fingerprint density at radius 2 is 1.64 bits per heavy atom. The van der Waals surface area contributed by atoms with Crippen molar-refractivity contribution < 1.29 is 14.3 Å². The van der Waals surface area contributed by atoms with E-state index in [0.29, 0.717) is 17.1 Å². The second kappa shape index (κ2) is 8.57. The number of rotatable bonds is 6. The minimum absolute atomic E-state index is 0.218. The Kier molecular flexibility index (Phi) is 5.94. The van der Waals surface area contributed by atoms with E-state index in [1.807, 2.05) is 18.2 Å². The van der Waals surface area contributed by atoms with Crippen LogP contribution in [0.4, 0.5) is 0 Å². The molecule has 1 amide bonds. The summed E-state index contributed by atoms with van der Waals surface area (Å²) in [6, 6.07) is 14.8. The van der Waals surface area contributed by atoms with Gasteiger partial charge in [-0.15, -0.1) is 0 Å². The van der Waals surface area contributed by atoms with Crippen LogP contribution in [0, 0.1) is 13.8 Å². The van der Waals surface area contributed by atoms with E-state index in [-0.39, 0.29) is 11.9 Å². The molecule has 0 spiro atoms. The minimum atomic E-state index is -0.322. The van der Waals surface area contributed by atoms with Gasteiger partial charge in [0.1, 0.15) is 11.5 Å². The van der Waals surface area contributed by atoms with Crippen molar-refractivity contribution in [1.82, 2.24) is 10.3 Å². The number of carbonyl (C=O) groups is 1. The van der Waals surface area contributed by atoms with Gasteiger partial charge in [0, 0.05) is 24.0 Å². The molecule has 28 heavy (non-hydrogen) atoms. The van der Waals surface area contributed by atoms with E-state index in [0.717, 1.165) is 11.1 Å². The fraction of sp³-hybridized carbons (Fsp3) is 0.217. The van der Waals surface area contributed by atoms with Crippen molar-refractivity contribution in [3.8, 4) is 11.5 Å². The molecule has 2 aromatic carbocycles. The number of nitrogens with zero attached hydrogens (tertiary/aromatic N) is 1. The van der Waals surface area contributed by atoms with Crippen molar-refractivity contribution >= 4 is 5.91 Å². The van der Waals surface area contributed by atoms with E-state index >= 15 is 0 Å². The van der Waals surface area contributed by atoms with Gasteiger partial charge in [-0.05, 0) is 54.3 Å². The molecule has 0 aliphatic heterocycles. The van der Waals surface area contributed by atoms with E-state index in [1.165, 1.54) is 11.1 Å². The smallest absolute Gasteiger partial charge is 0.252 e. The summed E-state index contributed by atoms with van der Waals surface area (Å²) in [6.45, 7) is 4.13. The summed E-state index contributed by atoms with van der Waals surface area (Å²) in [5.41, 5.74) is 4.75. The molecular formula is C23H24N2O3. The molecule has 1 heterocycles. The van der Waals surface area contributed by atoms with Gasteiger partial charge in [0.2, 0.25) is 0 Å². The van der Waals surface area contributed by atoms with Gasteiger partial charge in [0.05, 0.1) is 20.3 Å². The van der Waals surface area contributed by atoms with E-state index in [2.05, 4.69) is 36.3 Å². The predicted molar refractivity (Wildman–Crippen MR) is 109 cm³/mol. The number of pyridine rings is 1. The van der Waals surface area contributed by atoms with Gasteiger partial charge in [0.15, 0.2) is 0 Å². The maximum absolute atomic E-state index is 13.0. The molecule has 1 N–H and O–H groups in total. The van der Waals surface area contributed by atoms with Crippen LogP contribution < -0.4 is 14.8 Å². The maximum atomic E-state index is 13.0. The quantitative estimate of drug-likeness (QED) is 0.699. The van der Waals surface area contributed by atoms with Gasteiger partial charge in [-0.25, -0.2) is 0 Å². The van der Waals surface area contributed by atoms with Gasteiger partial charge in [-0.3, -0.25) is 9.78 Å². The Hall–Kier alpha value is -3.34. The number of aryl methyl sites for hydroxylation is 2. The van der Waals surface area contributed by atoms with E-state index < -0.39 is 0 Å². The highest BCUT2D eigenvalue weighted by Crippen LogP contribution is 2.26. The number of methoxy groups -OCH3 is 2. The van der Waals surface area contributed by atoms with Gasteiger partial charge in [-0.2, -0.15) is 0 Å². The first kappa shape index (κ1) is 19.4. The lowest BCUT2D eigenvalue weighted by Crippen LogP contribution is -2.29. The molecule has 1 unspecified atom stereocenters. The highest BCUT2D eigenvalue weighted by molar-refractivity contribution is 5.95. The Bertz CT molecular complexity index is 949. The van der Waals surface area contributed by atoms with Crippen molar-refractivity contribution in [2.24, 2.45) is 0 Å². The zero-order chi connectivity index (χ0) is 20.1. The molecule has 1 aromatic heterocycles. The van der Waals surface area contributed by atoms with Crippen LogP contribution in [0.3, 0.4) is 0 Å². The average Bonchev–Trinajstić information content (AvgIpc) is 2.74. The normalized spacial score (nSPS) is 11.6. The second-order valence-electron chi connectivity index (χ2n) is 6.64. The predicted octanol–water partition coefficient (Wildman–Crippen LogP) is 4.24. The fourth-order valence-electron chi connectivity index (χ4n) is 3.00. The van der Waals surface area contributed by atoms with Crippen molar-refractivity contribution in [2.45, 2.75) is 19.9 Å². The summed E-state index contributed by atoms with van der Waals surface area (Å²) in [5, 5.41) is 3.13. The first-order chi connectivity index (χ1) is 13.5. The molecule has 0 aliphatic carbocycles. The molecule has 0 radical (unpaired) electrons. The van der Waals surface area contributed by atoms with Crippen LogP contribution in [0.1, 0.15) is 38.7 Å². The Morgan fingerprint density at radius 3 is 2.21 bits per heavy atom. The summed E-state index contributed by atoms with van der Waals surface area (Å²) < 4.78 is 10.6. The molecule has 5 nitrogen and oxygen atoms in total. The van der Waals surface area contributed by atoms with Gasteiger partial charge in [-0.1, -0.05) is 24.3 Å². The van der Waals surface area contributed by atoms with Crippen molar-refractivity contribution in [2.75, 3.05) is 14.2 Å². The largest absolute Gasteiger partial charge is 0.497 e. The molecule has 144 valence electrons. The lowest BCUT2D eigenvalue weighted by molar-refractivity contribution is 0.0942. The molecule has 0 saturated heterocycles. The molecular weight excluding hydrogens is 352 g/mol. The van der Waals surface area contributed by atoms with Crippen molar-refractivity contribution in [3.05, 3.63) is 88.7 Å². The molecule has 0 saturated carbocycles. The standard InChI is InChI=1S/C23H24N2O3/c1-15-7-8-17(10-16(15)2)22(18-6-5-9-24-14-18)25-23(26)19-11-20(27-3)13-21(12-19)28-4/h5-14,22H,1-4H3,(H,25,26). The van der Waals surface area contributed by atoms with Crippen LogP contribution in [-0.4, -0.2) is 25.1 Å². The summed E-state index contributed by atoms with van der Waals surface area (Å²) in [7, 11) is 3.12. The third-order valence-corrected chi connectivity index (χ3v) is 4.77. The number of hydrogen-bond acceptors (Lipinski definition) is 4. The molecule has 0 aliphatic rings. The summed E-state index contributed by atoms with van der Waals surface area (Å²) in [6.07, 6.45) is 3.49. The molecule has 5 heteroatoms. The number of carbonyl (C=O) groups excluding carboxylic acids is 1. The van der Waals surface area contributed by atoms with Crippen molar-refractivity contribution in [1.29, 1.82) is 0 Å². The highest BCUT2D eigenvalue weighted by Gasteiger charge is 2.19. The van der Waals surface area contributed by atoms with Crippen molar-refractivity contribution in [3.63, 3.8) is 0 Å². The Labute approximate surface area is 165 Å². The number of amides is 1. The molecule has 1 atom stereocenters. The minimum Gasteiger partial charge on any atom is -0.497 e. The van der Waals surface area contributed by atoms with Crippen LogP contribution in [0.2, 0.25) is 0 Å². The summed E-state index contributed by atoms with van der Waals surface area (Å²) in [4.78, 5) is 17.3. The van der Waals surface area contributed by atoms with E-state index in [1.54, 1.807) is 44.8 Å². The third-order valence-electron chi connectivity index (χ3n) is 4.77. The first-order valence-electron chi connectivity index (χ1n) is 9.03. The summed E-state index contributed by atoms with van der Waals surface area (Å²) >= 11 is 0. The zero-order valence-corrected chi connectivity index (χ0v) is 16.5. The monoisotopic (exact) mass is 376 g/mol. The Morgan fingerprint density at radius 1 is 0.929 bits per heavy atom. The maximum Gasteiger partial charge on any atom is 0.252 e. The van der Waals surface area contributed by atoms with Crippen LogP contribution >= 0.6 is 0 Å². The number of benzene rings is 2. The lowest BCUT2D eigenvalue weighted by atomic mass is 9.96. The van der Waals surface area contributed by atoms with Gasteiger partial charge in [0.25, 0.3) is 5.91 Å².